The second kappa shape index (κ2) is 3.59. The van der Waals surface area contributed by atoms with E-state index in [1.165, 1.54) is 17.5 Å². The van der Waals surface area contributed by atoms with E-state index in [0.29, 0.717) is 23.7 Å². The molecule has 2 aliphatic carbocycles. The van der Waals surface area contributed by atoms with Gasteiger partial charge < -0.3 is 5.11 Å². The Balaban J connectivity index is 2.03. The normalized spacial score (nSPS) is 40.8. The first-order chi connectivity index (χ1) is 7.74. The van der Waals surface area contributed by atoms with Crippen LogP contribution in [0.2, 0.25) is 0 Å². The van der Waals surface area contributed by atoms with Crippen molar-refractivity contribution < 1.29 is 5.11 Å². The number of benzene rings is 1. The summed E-state index contributed by atoms with van der Waals surface area (Å²) < 4.78 is 0. The Kier molecular flexibility index (Phi) is 2.32. The highest BCUT2D eigenvalue weighted by atomic mass is 16.3. The molecule has 1 aromatic carbocycles. The molecule has 3 rings (SSSR count). The molecule has 16 heavy (non-hydrogen) atoms. The van der Waals surface area contributed by atoms with Crippen LogP contribution in [0.1, 0.15) is 49.7 Å². The summed E-state index contributed by atoms with van der Waals surface area (Å²) in [6.45, 7) is 4.49. The average molecular weight is 216 g/mol. The Bertz CT molecular complexity index is 398. The van der Waals surface area contributed by atoms with Crippen LogP contribution in [0.15, 0.2) is 24.3 Å². The molecule has 5 atom stereocenters. The average Bonchev–Trinajstić information content (AvgIpc) is 2.32. The van der Waals surface area contributed by atoms with Gasteiger partial charge in [-0.3, -0.25) is 0 Å². The lowest BCUT2D eigenvalue weighted by atomic mass is 9.52. The molecule has 1 N–H and O–H groups in total. The molecule has 0 aromatic heterocycles. The van der Waals surface area contributed by atoms with E-state index in [-0.39, 0.29) is 6.10 Å². The van der Waals surface area contributed by atoms with E-state index < -0.39 is 0 Å². The maximum atomic E-state index is 10.1. The van der Waals surface area contributed by atoms with Crippen LogP contribution in [0.3, 0.4) is 0 Å². The highest BCUT2D eigenvalue weighted by molar-refractivity contribution is 5.39. The first kappa shape index (κ1) is 10.3. The van der Waals surface area contributed by atoms with Gasteiger partial charge in [0.1, 0.15) is 0 Å². The molecule has 86 valence electrons. The Morgan fingerprint density at radius 2 is 1.94 bits per heavy atom. The van der Waals surface area contributed by atoms with Crippen LogP contribution >= 0.6 is 0 Å². The number of fused-ring (bicyclic) bond motifs is 3. The highest BCUT2D eigenvalue weighted by Gasteiger charge is 2.52. The van der Waals surface area contributed by atoms with Crippen molar-refractivity contribution in [2.24, 2.45) is 11.8 Å². The van der Waals surface area contributed by atoms with Gasteiger partial charge in [0, 0.05) is 0 Å². The van der Waals surface area contributed by atoms with Crippen molar-refractivity contribution in [1.29, 1.82) is 0 Å². The summed E-state index contributed by atoms with van der Waals surface area (Å²) in [7, 11) is 0. The fraction of sp³-hybridized carbons (Fsp3) is 0.600. The summed E-state index contributed by atoms with van der Waals surface area (Å²) in [5.41, 5.74) is 3.04. The zero-order valence-corrected chi connectivity index (χ0v) is 10.1. The van der Waals surface area contributed by atoms with Crippen LogP contribution in [0, 0.1) is 11.8 Å². The number of aliphatic hydroxyl groups is 1. The summed E-state index contributed by atoms with van der Waals surface area (Å²) in [6.07, 6.45) is 2.22. The van der Waals surface area contributed by atoms with Crippen LogP contribution < -0.4 is 0 Å². The molecule has 1 aromatic rings. The van der Waals surface area contributed by atoms with E-state index in [2.05, 4.69) is 38.1 Å². The molecular weight excluding hydrogens is 196 g/mol. The molecule has 0 saturated heterocycles. The van der Waals surface area contributed by atoms with Gasteiger partial charge in [0.25, 0.3) is 0 Å². The standard InChI is InChI=1S/C15H20O/c1-3-10-14-12-7-5-4-6-11(12)9(2)8-13(14)15(10)16/h4-7,9-10,13-16H,3,8H2,1-2H3. The summed E-state index contributed by atoms with van der Waals surface area (Å²) >= 11 is 0. The first-order valence-electron chi connectivity index (χ1n) is 6.51. The monoisotopic (exact) mass is 216 g/mol. The van der Waals surface area contributed by atoms with Crippen LogP contribution in [0.25, 0.3) is 0 Å². The van der Waals surface area contributed by atoms with Crippen molar-refractivity contribution in [3.8, 4) is 0 Å². The Morgan fingerprint density at radius 1 is 1.25 bits per heavy atom. The number of hydrogen-bond donors (Lipinski definition) is 1. The molecule has 2 aliphatic rings. The summed E-state index contributed by atoms with van der Waals surface area (Å²) in [4.78, 5) is 0. The van der Waals surface area contributed by atoms with Crippen LogP contribution in [0.4, 0.5) is 0 Å². The number of rotatable bonds is 1. The molecular formula is C15H20O. The van der Waals surface area contributed by atoms with Gasteiger partial charge in [-0.25, -0.2) is 0 Å². The highest BCUT2D eigenvalue weighted by Crippen LogP contribution is 2.57. The second-order valence-electron chi connectivity index (χ2n) is 5.52. The minimum atomic E-state index is -0.0502. The summed E-state index contributed by atoms with van der Waals surface area (Å²) in [5.74, 6) is 2.27. The van der Waals surface area contributed by atoms with Crippen molar-refractivity contribution in [2.45, 2.75) is 44.6 Å². The third-order valence-electron chi connectivity index (χ3n) is 4.78. The quantitative estimate of drug-likeness (QED) is 0.763. The molecule has 0 radical (unpaired) electrons. The summed E-state index contributed by atoms with van der Waals surface area (Å²) in [5, 5.41) is 10.1. The largest absolute Gasteiger partial charge is 0.393 e. The maximum Gasteiger partial charge on any atom is 0.0608 e. The topological polar surface area (TPSA) is 20.2 Å². The van der Waals surface area contributed by atoms with Gasteiger partial charge in [0.05, 0.1) is 6.10 Å². The Labute approximate surface area is 97.5 Å². The molecule has 0 bridgehead atoms. The number of hydrogen-bond acceptors (Lipinski definition) is 1. The van der Waals surface area contributed by atoms with E-state index >= 15 is 0 Å². The predicted octanol–water partition coefficient (Wildman–Crippen LogP) is 3.29. The van der Waals surface area contributed by atoms with E-state index in [0.717, 1.165) is 6.42 Å². The minimum absolute atomic E-state index is 0.0502. The third kappa shape index (κ3) is 1.21. The second-order valence-corrected chi connectivity index (χ2v) is 5.52. The van der Waals surface area contributed by atoms with Crippen LogP contribution in [-0.4, -0.2) is 11.2 Å². The van der Waals surface area contributed by atoms with E-state index in [9.17, 15) is 5.11 Å². The van der Waals surface area contributed by atoms with E-state index in [4.69, 9.17) is 0 Å². The lowest BCUT2D eigenvalue weighted by molar-refractivity contribution is -0.0783. The van der Waals surface area contributed by atoms with Crippen molar-refractivity contribution in [1.82, 2.24) is 0 Å². The lowest BCUT2D eigenvalue weighted by Crippen LogP contribution is -2.51. The fourth-order valence-electron chi connectivity index (χ4n) is 3.96. The zero-order chi connectivity index (χ0) is 11.3. The minimum Gasteiger partial charge on any atom is -0.393 e. The molecule has 1 nitrogen and oxygen atoms in total. The molecule has 0 spiro atoms. The van der Waals surface area contributed by atoms with Gasteiger partial charge in [0.2, 0.25) is 0 Å². The molecule has 0 amide bonds. The number of aliphatic hydroxyl groups excluding tert-OH is 1. The van der Waals surface area contributed by atoms with Crippen molar-refractivity contribution >= 4 is 0 Å². The SMILES string of the molecule is CCC1C(O)C2CC(C)c3ccccc3C12. The molecule has 5 unspecified atom stereocenters. The van der Waals surface area contributed by atoms with Crippen LogP contribution in [-0.2, 0) is 0 Å². The molecule has 0 heterocycles. The molecule has 0 aliphatic heterocycles. The maximum absolute atomic E-state index is 10.1. The Hall–Kier alpha value is -0.820. The summed E-state index contributed by atoms with van der Waals surface area (Å²) in [6, 6.07) is 8.84. The predicted molar refractivity (Wildman–Crippen MR) is 65.5 cm³/mol. The molecule has 1 heteroatoms. The van der Waals surface area contributed by atoms with E-state index in [1.54, 1.807) is 0 Å². The first-order valence-corrected chi connectivity index (χ1v) is 6.51. The molecule has 1 fully saturated rings. The van der Waals surface area contributed by atoms with Gasteiger partial charge in [0.15, 0.2) is 0 Å². The smallest absolute Gasteiger partial charge is 0.0608 e. The van der Waals surface area contributed by atoms with Gasteiger partial charge >= 0.3 is 0 Å². The molecule has 1 saturated carbocycles. The van der Waals surface area contributed by atoms with Crippen molar-refractivity contribution in [3.05, 3.63) is 35.4 Å². The lowest BCUT2D eigenvalue weighted by Gasteiger charge is -2.54. The van der Waals surface area contributed by atoms with Gasteiger partial charge in [-0.05, 0) is 41.2 Å². The van der Waals surface area contributed by atoms with Crippen LogP contribution in [0.5, 0.6) is 0 Å². The third-order valence-corrected chi connectivity index (χ3v) is 4.78. The van der Waals surface area contributed by atoms with Crippen molar-refractivity contribution in [2.75, 3.05) is 0 Å². The van der Waals surface area contributed by atoms with Gasteiger partial charge in [-0.15, -0.1) is 0 Å². The van der Waals surface area contributed by atoms with Gasteiger partial charge in [-0.2, -0.15) is 0 Å². The van der Waals surface area contributed by atoms with E-state index in [1.807, 2.05) is 0 Å². The fourth-order valence-corrected chi connectivity index (χ4v) is 3.96. The van der Waals surface area contributed by atoms with Gasteiger partial charge in [-0.1, -0.05) is 44.5 Å². The van der Waals surface area contributed by atoms with Crippen molar-refractivity contribution in [3.63, 3.8) is 0 Å². The Morgan fingerprint density at radius 3 is 2.62 bits per heavy atom. The zero-order valence-electron chi connectivity index (χ0n) is 10.1.